The number of carbonyl (C=O) groups is 3. The first kappa shape index (κ1) is 32.7. The molecule has 2 fully saturated rings. The van der Waals surface area contributed by atoms with Crippen LogP contribution in [0.25, 0.3) is 11.4 Å². The average molecular weight is 653 g/mol. The fourth-order valence-corrected chi connectivity index (χ4v) is 6.28. The van der Waals surface area contributed by atoms with Gasteiger partial charge in [0.1, 0.15) is 18.3 Å². The van der Waals surface area contributed by atoms with E-state index in [9.17, 15) is 14.4 Å². The number of rotatable bonds is 7. The van der Waals surface area contributed by atoms with Gasteiger partial charge in [-0.1, -0.05) is 41.9 Å². The molecule has 48 heavy (non-hydrogen) atoms. The zero-order chi connectivity index (χ0) is 33.6. The van der Waals surface area contributed by atoms with Crippen LogP contribution >= 0.6 is 0 Å². The topological polar surface area (TPSA) is 155 Å². The number of nitrogens with one attached hydrogen (secondary N) is 1. The number of hydrogen-bond acceptors (Lipinski definition) is 9. The number of pyridine rings is 1. The monoisotopic (exact) mass is 652 g/mol. The second-order valence-electron chi connectivity index (χ2n) is 12.6. The molecule has 4 atom stereocenters. The molecule has 0 radical (unpaired) electrons. The zero-order valence-electron chi connectivity index (χ0n) is 27.4. The number of aliphatic imine (C=N–C) groups is 2. The van der Waals surface area contributed by atoms with E-state index >= 15 is 0 Å². The van der Waals surface area contributed by atoms with Gasteiger partial charge in [0.2, 0.25) is 23.6 Å². The van der Waals surface area contributed by atoms with E-state index in [4.69, 9.17) is 14.3 Å². The van der Waals surface area contributed by atoms with Crippen LogP contribution in [-0.2, 0) is 16.1 Å². The molecule has 250 valence electrons. The predicted octanol–water partition coefficient (Wildman–Crippen LogP) is 4.29. The number of fused-ring (bicyclic) bond motifs is 1. The number of guanidine groups is 1. The molecule has 4 unspecified atom stereocenters. The van der Waals surface area contributed by atoms with Gasteiger partial charge in [-0.3, -0.25) is 24.7 Å². The standard InChI is InChI=1S/C35H40N8O5/c1-22-17-26-18-27(13-15-29(26)47-22)38-35(40-32(44)24-12-14-28(36-19-24)34(46)42(2)3)37-20-25-11-7-8-16-43(33(25)45)21-30-39-31(41-48-30)23-9-5-4-6-10-23/h4-6,9-10,12,14,17,19-20,25-27,29H,7-8,11,13,15-16,18,21H2,1-3H3,(H,38,40,44)/b37-20+. The molecule has 1 N–H and O–H groups in total. The molecule has 13 heteroatoms. The van der Waals surface area contributed by atoms with Crippen molar-refractivity contribution in [1.29, 1.82) is 0 Å². The molecule has 3 amide bonds. The number of nitrogens with zero attached hydrogens (tertiary/aromatic N) is 7. The third-order valence-electron chi connectivity index (χ3n) is 8.80. The lowest BCUT2D eigenvalue weighted by Gasteiger charge is -2.28. The second-order valence-corrected chi connectivity index (χ2v) is 12.6. The highest BCUT2D eigenvalue weighted by Crippen LogP contribution is 2.36. The van der Waals surface area contributed by atoms with E-state index in [2.05, 4.69) is 31.5 Å². The van der Waals surface area contributed by atoms with Gasteiger partial charge in [0.25, 0.3) is 11.8 Å². The van der Waals surface area contributed by atoms with Crippen LogP contribution in [0.2, 0.25) is 0 Å². The van der Waals surface area contributed by atoms with Gasteiger partial charge in [-0.2, -0.15) is 4.98 Å². The Hall–Kier alpha value is -5.20. The van der Waals surface area contributed by atoms with Crippen LogP contribution in [0, 0.1) is 11.8 Å². The molecule has 6 rings (SSSR count). The molecule has 2 aliphatic heterocycles. The van der Waals surface area contributed by atoms with Crippen molar-refractivity contribution in [3.8, 4) is 11.4 Å². The Morgan fingerprint density at radius 3 is 2.71 bits per heavy atom. The van der Waals surface area contributed by atoms with E-state index in [0.29, 0.717) is 24.7 Å². The van der Waals surface area contributed by atoms with Gasteiger partial charge < -0.3 is 19.1 Å². The summed E-state index contributed by atoms with van der Waals surface area (Å²) in [6.45, 7) is 2.72. The molecule has 2 aromatic heterocycles. The minimum atomic E-state index is -0.520. The van der Waals surface area contributed by atoms with Crippen molar-refractivity contribution in [3.05, 3.63) is 77.6 Å². The first-order valence-electron chi connectivity index (χ1n) is 16.4. The molecule has 3 aliphatic rings. The zero-order valence-corrected chi connectivity index (χ0v) is 27.4. The lowest BCUT2D eigenvalue weighted by atomic mass is 9.84. The number of benzene rings is 1. The normalized spacial score (nSPS) is 22.9. The summed E-state index contributed by atoms with van der Waals surface area (Å²) in [5.74, 6) is 0.797. The van der Waals surface area contributed by atoms with Gasteiger partial charge in [-0.05, 0) is 57.2 Å². The molecular weight excluding hydrogens is 612 g/mol. The molecule has 1 saturated heterocycles. The third kappa shape index (κ3) is 7.84. The minimum Gasteiger partial charge on any atom is -0.495 e. The Bertz CT molecular complexity index is 1720. The van der Waals surface area contributed by atoms with E-state index in [1.54, 1.807) is 31.3 Å². The van der Waals surface area contributed by atoms with E-state index in [-0.39, 0.29) is 53.6 Å². The lowest BCUT2D eigenvalue weighted by Crippen LogP contribution is -2.36. The lowest BCUT2D eigenvalue weighted by molar-refractivity contribution is -0.133. The highest BCUT2D eigenvalue weighted by atomic mass is 16.5. The molecule has 1 aromatic carbocycles. The van der Waals surface area contributed by atoms with Crippen LogP contribution in [0.4, 0.5) is 0 Å². The average Bonchev–Trinajstić information content (AvgIpc) is 3.67. The van der Waals surface area contributed by atoms with Crippen LogP contribution in [-0.4, -0.2) is 87.6 Å². The van der Waals surface area contributed by atoms with Crippen LogP contribution in [0.3, 0.4) is 0 Å². The van der Waals surface area contributed by atoms with Crippen LogP contribution in [0.15, 0.2) is 75.0 Å². The number of amides is 3. The summed E-state index contributed by atoms with van der Waals surface area (Å²) < 4.78 is 11.4. The second kappa shape index (κ2) is 14.7. The SMILES string of the molecule is CC1=CC2CC(N=C(/N=C/C3CCCCN(Cc4nc(-c5ccccc5)no4)C3=O)NC(=O)c3ccc(C(=O)N(C)C)nc3)CCC2O1. The molecule has 1 saturated carbocycles. The summed E-state index contributed by atoms with van der Waals surface area (Å²) in [5, 5.41) is 6.92. The quantitative estimate of drug-likeness (QED) is 0.293. The maximum atomic E-state index is 13.7. The number of hydrogen-bond donors (Lipinski definition) is 1. The van der Waals surface area contributed by atoms with Crippen molar-refractivity contribution < 1.29 is 23.6 Å². The summed E-state index contributed by atoms with van der Waals surface area (Å²) in [7, 11) is 3.28. The number of aromatic nitrogens is 3. The van der Waals surface area contributed by atoms with Crippen molar-refractivity contribution in [2.45, 2.75) is 64.1 Å². The van der Waals surface area contributed by atoms with Gasteiger partial charge in [0, 0.05) is 44.5 Å². The third-order valence-corrected chi connectivity index (χ3v) is 8.80. The molecule has 4 heterocycles. The van der Waals surface area contributed by atoms with Crippen molar-refractivity contribution in [2.24, 2.45) is 21.8 Å². The van der Waals surface area contributed by atoms with Crippen molar-refractivity contribution in [2.75, 3.05) is 20.6 Å². The molecule has 3 aromatic rings. The van der Waals surface area contributed by atoms with Crippen LogP contribution in [0.5, 0.6) is 0 Å². The molecule has 1 aliphatic carbocycles. The van der Waals surface area contributed by atoms with Gasteiger partial charge in [-0.25, -0.2) is 9.98 Å². The highest BCUT2D eigenvalue weighted by Gasteiger charge is 2.35. The Morgan fingerprint density at radius 2 is 1.94 bits per heavy atom. The molecule has 13 nitrogen and oxygen atoms in total. The summed E-state index contributed by atoms with van der Waals surface area (Å²) in [6, 6.07) is 12.5. The fourth-order valence-electron chi connectivity index (χ4n) is 6.28. The van der Waals surface area contributed by atoms with Gasteiger partial charge in [-0.15, -0.1) is 0 Å². The van der Waals surface area contributed by atoms with E-state index in [0.717, 1.165) is 43.4 Å². The van der Waals surface area contributed by atoms with E-state index in [1.807, 2.05) is 37.3 Å². The molecule has 0 spiro atoms. The number of allylic oxidation sites excluding steroid dienone is 1. The predicted molar refractivity (Wildman–Crippen MR) is 178 cm³/mol. The smallest absolute Gasteiger partial charge is 0.271 e. The van der Waals surface area contributed by atoms with Crippen molar-refractivity contribution >= 4 is 29.9 Å². The minimum absolute atomic E-state index is 0.0830. The van der Waals surface area contributed by atoms with E-state index < -0.39 is 11.8 Å². The maximum Gasteiger partial charge on any atom is 0.271 e. The Labute approximate surface area is 279 Å². The Balaban J connectivity index is 1.18. The van der Waals surface area contributed by atoms with Crippen LogP contribution < -0.4 is 5.32 Å². The summed E-state index contributed by atoms with van der Waals surface area (Å²) in [5.41, 5.74) is 1.32. The maximum absolute atomic E-state index is 13.7. The van der Waals surface area contributed by atoms with Gasteiger partial charge in [0.15, 0.2) is 0 Å². The first-order chi connectivity index (χ1) is 23.2. The van der Waals surface area contributed by atoms with Crippen LogP contribution in [0.1, 0.15) is 72.2 Å². The molecular formula is C35H40N8O5. The van der Waals surface area contributed by atoms with E-state index in [1.165, 1.54) is 17.2 Å². The largest absolute Gasteiger partial charge is 0.495 e. The molecule has 0 bridgehead atoms. The summed E-state index contributed by atoms with van der Waals surface area (Å²) in [4.78, 5) is 60.6. The number of likely N-dealkylation sites (tertiary alicyclic amines) is 1. The van der Waals surface area contributed by atoms with Crippen molar-refractivity contribution in [3.63, 3.8) is 0 Å². The van der Waals surface area contributed by atoms with Gasteiger partial charge >= 0.3 is 0 Å². The fraction of sp³-hybridized carbons (Fsp3) is 0.429. The summed E-state index contributed by atoms with van der Waals surface area (Å²) >= 11 is 0. The highest BCUT2D eigenvalue weighted by molar-refractivity contribution is 6.08. The first-order valence-corrected chi connectivity index (χ1v) is 16.4. The number of carbonyl (C=O) groups excluding carboxylic acids is 3. The number of ether oxygens (including phenoxy) is 1. The van der Waals surface area contributed by atoms with Gasteiger partial charge in [0.05, 0.1) is 23.3 Å². The Kier molecular flexibility index (Phi) is 10.0. The Morgan fingerprint density at radius 1 is 1.10 bits per heavy atom. The van der Waals surface area contributed by atoms with Crippen molar-refractivity contribution in [1.82, 2.24) is 30.2 Å². The summed E-state index contributed by atoms with van der Waals surface area (Å²) in [6.07, 6.45) is 9.91.